The molecule has 1 saturated heterocycles. The van der Waals surface area contributed by atoms with Crippen LogP contribution >= 0.6 is 0 Å². The predicted molar refractivity (Wildman–Crippen MR) is 99.8 cm³/mol. The van der Waals surface area contributed by atoms with Gasteiger partial charge in [-0.15, -0.1) is 0 Å². The van der Waals surface area contributed by atoms with E-state index in [4.69, 9.17) is 4.74 Å². The van der Waals surface area contributed by atoms with E-state index in [9.17, 15) is 13.2 Å². The Morgan fingerprint density at radius 2 is 1.93 bits per heavy atom. The predicted octanol–water partition coefficient (Wildman–Crippen LogP) is 3.64. The lowest BCUT2D eigenvalue weighted by Gasteiger charge is -2.38. The van der Waals surface area contributed by atoms with Gasteiger partial charge in [-0.25, -0.2) is 0 Å². The number of guanidine groups is 1. The summed E-state index contributed by atoms with van der Waals surface area (Å²) >= 11 is 0. The van der Waals surface area contributed by atoms with E-state index >= 15 is 0 Å². The number of nitrogens with one attached hydrogen (secondary N) is 2. The highest BCUT2D eigenvalue weighted by atomic mass is 19.4. The highest BCUT2D eigenvalue weighted by Gasteiger charge is 2.37. The zero-order valence-electron chi connectivity index (χ0n) is 15.5. The van der Waals surface area contributed by atoms with Crippen molar-refractivity contribution in [2.45, 2.75) is 43.3 Å². The van der Waals surface area contributed by atoms with Gasteiger partial charge < -0.3 is 15.4 Å². The average Bonchev–Trinajstić information content (AvgIpc) is 3.18. The van der Waals surface area contributed by atoms with E-state index in [-0.39, 0.29) is 0 Å². The van der Waals surface area contributed by atoms with Crippen LogP contribution in [0.2, 0.25) is 0 Å². The van der Waals surface area contributed by atoms with Gasteiger partial charge in [-0.3, -0.25) is 4.99 Å². The molecule has 27 heavy (non-hydrogen) atoms. The fourth-order valence-electron chi connectivity index (χ4n) is 3.73. The van der Waals surface area contributed by atoms with Crippen molar-refractivity contribution in [1.82, 2.24) is 10.6 Å². The minimum absolute atomic E-state index is 0.315. The first kappa shape index (κ1) is 19.7. The van der Waals surface area contributed by atoms with Crippen LogP contribution in [-0.2, 0) is 16.3 Å². The summed E-state index contributed by atoms with van der Waals surface area (Å²) in [6.45, 7) is 1.59. The van der Waals surface area contributed by atoms with Crippen molar-refractivity contribution in [3.63, 3.8) is 0 Å². The maximum absolute atomic E-state index is 13.2. The summed E-state index contributed by atoms with van der Waals surface area (Å²) in [5, 5.41) is 6.71. The van der Waals surface area contributed by atoms with Crippen LogP contribution in [0.1, 0.15) is 36.8 Å². The van der Waals surface area contributed by atoms with Gasteiger partial charge in [0.15, 0.2) is 5.96 Å². The molecular formula is C20H26F3N3O. The minimum atomic E-state index is -4.34. The standard InChI is InChI=1S/C20H26F3N3O/c1-24-18(26-17-7-2-3-8-17)25-14-19(9-11-27-12-10-19)15-5-4-6-16(13-15)20(21,22)23/h2-6,13,17H,7-12,14H2,1H3,(H2,24,25,26). The summed E-state index contributed by atoms with van der Waals surface area (Å²) in [7, 11) is 1.71. The Balaban J connectivity index is 1.76. The van der Waals surface area contributed by atoms with Crippen molar-refractivity contribution in [2.24, 2.45) is 4.99 Å². The first-order chi connectivity index (χ1) is 12.9. The molecule has 1 aromatic carbocycles. The quantitative estimate of drug-likeness (QED) is 0.476. The van der Waals surface area contributed by atoms with Crippen molar-refractivity contribution in [2.75, 3.05) is 26.8 Å². The number of aliphatic imine (C=N–C) groups is 1. The molecule has 0 bridgehead atoms. The number of halogens is 3. The number of hydrogen-bond acceptors (Lipinski definition) is 2. The number of benzene rings is 1. The Labute approximate surface area is 157 Å². The lowest BCUT2D eigenvalue weighted by molar-refractivity contribution is -0.137. The molecule has 1 heterocycles. The maximum atomic E-state index is 13.2. The van der Waals surface area contributed by atoms with Crippen molar-refractivity contribution < 1.29 is 17.9 Å². The summed E-state index contributed by atoms with van der Waals surface area (Å²) in [6.07, 6.45) is 3.16. The fourth-order valence-corrected chi connectivity index (χ4v) is 3.73. The van der Waals surface area contributed by atoms with Crippen molar-refractivity contribution >= 4 is 5.96 Å². The molecule has 0 unspecified atom stereocenters. The minimum Gasteiger partial charge on any atom is -0.381 e. The highest BCUT2D eigenvalue weighted by molar-refractivity contribution is 5.80. The smallest absolute Gasteiger partial charge is 0.381 e. The summed E-state index contributed by atoms with van der Waals surface area (Å²) in [6, 6.07) is 6.00. The summed E-state index contributed by atoms with van der Waals surface area (Å²) in [5.74, 6) is 0.682. The molecule has 1 fully saturated rings. The van der Waals surface area contributed by atoms with Gasteiger partial charge in [0.1, 0.15) is 0 Å². The Hall–Kier alpha value is -2.02. The van der Waals surface area contributed by atoms with E-state index in [0.29, 0.717) is 50.2 Å². The van der Waals surface area contributed by atoms with Crippen LogP contribution in [-0.4, -0.2) is 38.8 Å². The molecule has 1 aliphatic heterocycles. The molecular weight excluding hydrogens is 355 g/mol. The zero-order valence-corrected chi connectivity index (χ0v) is 15.5. The Kier molecular flexibility index (Phi) is 6.09. The van der Waals surface area contributed by atoms with Gasteiger partial charge in [0.25, 0.3) is 0 Å². The van der Waals surface area contributed by atoms with E-state index < -0.39 is 17.2 Å². The number of rotatable bonds is 4. The first-order valence-electron chi connectivity index (χ1n) is 9.31. The summed E-state index contributed by atoms with van der Waals surface area (Å²) < 4.78 is 45.0. The third-order valence-electron chi connectivity index (χ3n) is 5.42. The van der Waals surface area contributed by atoms with Crippen LogP contribution in [0.15, 0.2) is 41.4 Å². The normalized spacial score (nSPS) is 20.7. The lowest BCUT2D eigenvalue weighted by Crippen LogP contribution is -2.49. The van der Waals surface area contributed by atoms with Crippen molar-refractivity contribution in [3.05, 3.63) is 47.5 Å². The van der Waals surface area contributed by atoms with E-state index in [1.54, 1.807) is 13.1 Å². The van der Waals surface area contributed by atoms with Crippen LogP contribution in [0.3, 0.4) is 0 Å². The molecule has 0 saturated carbocycles. The molecule has 0 aromatic heterocycles. The Bertz CT molecular complexity index is 686. The third-order valence-corrected chi connectivity index (χ3v) is 5.42. The van der Waals surface area contributed by atoms with Gasteiger partial charge in [-0.2, -0.15) is 13.2 Å². The van der Waals surface area contributed by atoms with Crippen LogP contribution in [0.4, 0.5) is 13.2 Å². The Morgan fingerprint density at radius 1 is 1.22 bits per heavy atom. The van der Waals surface area contributed by atoms with Crippen LogP contribution in [0.5, 0.6) is 0 Å². The molecule has 1 aliphatic carbocycles. The largest absolute Gasteiger partial charge is 0.416 e. The van der Waals surface area contributed by atoms with Gasteiger partial charge in [0, 0.05) is 38.3 Å². The molecule has 2 N–H and O–H groups in total. The van der Waals surface area contributed by atoms with E-state index in [1.807, 2.05) is 0 Å². The molecule has 7 heteroatoms. The van der Waals surface area contributed by atoms with Gasteiger partial charge in [0.2, 0.25) is 0 Å². The molecule has 0 radical (unpaired) electrons. The molecule has 148 valence electrons. The van der Waals surface area contributed by atoms with Gasteiger partial charge in [0.05, 0.1) is 5.56 Å². The molecule has 1 aromatic rings. The second-order valence-electron chi connectivity index (χ2n) is 7.18. The van der Waals surface area contributed by atoms with E-state index in [0.717, 1.165) is 18.9 Å². The first-order valence-corrected chi connectivity index (χ1v) is 9.31. The molecule has 0 amide bonds. The maximum Gasteiger partial charge on any atom is 0.416 e. The van der Waals surface area contributed by atoms with Crippen molar-refractivity contribution in [3.8, 4) is 0 Å². The monoisotopic (exact) mass is 381 g/mol. The zero-order chi connectivity index (χ0) is 19.3. The van der Waals surface area contributed by atoms with Crippen LogP contribution in [0.25, 0.3) is 0 Å². The second kappa shape index (κ2) is 8.33. The lowest BCUT2D eigenvalue weighted by atomic mass is 9.73. The average molecular weight is 381 g/mol. The molecule has 4 nitrogen and oxygen atoms in total. The topological polar surface area (TPSA) is 45.7 Å². The number of nitrogens with zero attached hydrogens (tertiary/aromatic N) is 1. The highest BCUT2D eigenvalue weighted by Crippen LogP contribution is 2.37. The second-order valence-corrected chi connectivity index (χ2v) is 7.18. The number of ether oxygens (including phenoxy) is 1. The van der Waals surface area contributed by atoms with Gasteiger partial charge in [-0.05, 0) is 37.3 Å². The number of hydrogen-bond donors (Lipinski definition) is 2. The Morgan fingerprint density at radius 3 is 2.56 bits per heavy atom. The molecule has 0 spiro atoms. The molecule has 2 aliphatic rings. The van der Waals surface area contributed by atoms with Crippen LogP contribution in [0, 0.1) is 0 Å². The van der Waals surface area contributed by atoms with Gasteiger partial charge in [-0.1, -0.05) is 30.4 Å². The van der Waals surface area contributed by atoms with Crippen LogP contribution < -0.4 is 10.6 Å². The fraction of sp³-hybridized carbons (Fsp3) is 0.550. The third kappa shape index (κ3) is 4.83. The summed E-state index contributed by atoms with van der Waals surface area (Å²) in [4.78, 5) is 4.27. The molecule has 3 rings (SSSR count). The van der Waals surface area contributed by atoms with E-state index in [1.165, 1.54) is 12.1 Å². The van der Waals surface area contributed by atoms with Gasteiger partial charge >= 0.3 is 6.18 Å². The van der Waals surface area contributed by atoms with Crippen molar-refractivity contribution in [1.29, 1.82) is 0 Å². The molecule has 0 atom stereocenters. The number of alkyl halides is 3. The summed E-state index contributed by atoms with van der Waals surface area (Å²) in [5.41, 5.74) is -0.318. The van der Waals surface area contributed by atoms with E-state index in [2.05, 4.69) is 27.8 Å². The SMILES string of the molecule is CN=C(NCC1(c2cccc(C(F)(F)F)c2)CCOCC1)NC1CC=CC1.